The number of benzene rings is 1. The van der Waals surface area contributed by atoms with Gasteiger partial charge in [-0.1, -0.05) is 24.6 Å². The van der Waals surface area contributed by atoms with E-state index in [0.29, 0.717) is 6.54 Å². The van der Waals surface area contributed by atoms with Gasteiger partial charge in [0.1, 0.15) is 0 Å². The lowest BCUT2D eigenvalue weighted by Crippen LogP contribution is -2.41. The van der Waals surface area contributed by atoms with Crippen molar-refractivity contribution in [3.63, 3.8) is 0 Å². The molecule has 2 aromatic rings. The summed E-state index contributed by atoms with van der Waals surface area (Å²) >= 11 is 0. The maximum atomic E-state index is 12.7. The van der Waals surface area contributed by atoms with Gasteiger partial charge in [0, 0.05) is 17.6 Å². The Balaban J connectivity index is 1.71. The van der Waals surface area contributed by atoms with Gasteiger partial charge >= 0.3 is 5.97 Å². The van der Waals surface area contributed by atoms with Crippen molar-refractivity contribution in [2.24, 2.45) is 0 Å². The van der Waals surface area contributed by atoms with Crippen molar-refractivity contribution in [3.8, 4) is 0 Å². The Morgan fingerprint density at radius 1 is 1.09 bits per heavy atom. The molecule has 0 atom stereocenters. The van der Waals surface area contributed by atoms with E-state index in [0.717, 1.165) is 18.5 Å². The van der Waals surface area contributed by atoms with E-state index in [1.807, 2.05) is 18.2 Å². The van der Waals surface area contributed by atoms with Crippen LogP contribution < -0.4 is 4.90 Å². The molecular weight excluding hydrogens is 282 g/mol. The molecule has 22 heavy (non-hydrogen) atoms. The second-order valence-electron chi connectivity index (χ2n) is 6.01. The third-order valence-electron chi connectivity index (χ3n) is 4.81. The van der Waals surface area contributed by atoms with Gasteiger partial charge in [-0.15, -0.1) is 0 Å². The maximum absolute atomic E-state index is 12.7. The number of rotatable bonds is 2. The van der Waals surface area contributed by atoms with Crippen LogP contribution in [0.15, 0.2) is 40.8 Å². The van der Waals surface area contributed by atoms with Gasteiger partial charge in [0.05, 0.1) is 0 Å². The summed E-state index contributed by atoms with van der Waals surface area (Å²) in [4.78, 5) is 25.3. The van der Waals surface area contributed by atoms with Gasteiger partial charge in [-0.05, 0) is 36.6 Å². The molecule has 4 rings (SSSR count). The monoisotopic (exact) mass is 297 g/mol. The molecule has 1 aromatic heterocycles. The van der Waals surface area contributed by atoms with E-state index in [1.165, 1.54) is 24.1 Å². The third-order valence-corrected chi connectivity index (χ3v) is 4.81. The first kappa shape index (κ1) is 13.1. The summed E-state index contributed by atoms with van der Waals surface area (Å²) in [7, 11) is 0. The Labute approximate surface area is 127 Å². The van der Waals surface area contributed by atoms with Crippen molar-refractivity contribution in [1.82, 2.24) is 0 Å². The molecule has 0 bridgehead atoms. The summed E-state index contributed by atoms with van der Waals surface area (Å²) < 4.78 is 5.16. The lowest BCUT2D eigenvalue weighted by molar-refractivity contribution is 0.0660. The minimum atomic E-state index is -1.17. The molecule has 1 aromatic carbocycles. The fourth-order valence-corrected chi connectivity index (χ4v) is 3.54. The molecule has 0 radical (unpaired) electrons. The van der Waals surface area contributed by atoms with Crippen molar-refractivity contribution in [2.75, 3.05) is 11.4 Å². The fraction of sp³-hybridized carbons (Fsp3) is 0.294. The Morgan fingerprint density at radius 3 is 2.45 bits per heavy atom. The van der Waals surface area contributed by atoms with Crippen molar-refractivity contribution < 1.29 is 19.1 Å². The smallest absolute Gasteiger partial charge is 0.371 e. The van der Waals surface area contributed by atoms with E-state index in [9.17, 15) is 9.59 Å². The highest BCUT2D eigenvalue weighted by Gasteiger charge is 2.48. The molecule has 5 heteroatoms. The minimum Gasteiger partial charge on any atom is -0.475 e. The van der Waals surface area contributed by atoms with Crippen molar-refractivity contribution in [2.45, 2.75) is 24.7 Å². The summed E-state index contributed by atoms with van der Waals surface area (Å²) in [6.45, 7) is 0.647. The average molecular weight is 297 g/mol. The van der Waals surface area contributed by atoms with Crippen molar-refractivity contribution in [1.29, 1.82) is 0 Å². The highest BCUT2D eigenvalue weighted by Crippen LogP contribution is 2.52. The SMILES string of the molecule is O=C(O)c1ccc(C(=O)N2CC3(CCC3)c3ccccc32)o1. The van der Waals surface area contributed by atoms with Gasteiger partial charge in [-0.25, -0.2) is 4.79 Å². The van der Waals surface area contributed by atoms with Crippen LogP contribution in [0.1, 0.15) is 45.9 Å². The summed E-state index contributed by atoms with van der Waals surface area (Å²) in [6, 6.07) is 10.7. The van der Waals surface area contributed by atoms with Gasteiger partial charge in [0.15, 0.2) is 5.76 Å². The molecule has 1 N–H and O–H groups in total. The van der Waals surface area contributed by atoms with Crippen LogP contribution in [0.3, 0.4) is 0 Å². The number of carboxylic acids is 1. The van der Waals surface area contributed by atoms with Crippen LogP contribution in [-0.4, -0.2) is 23.5 Å². The zero-order valence-corrected chi connectivity index (χ0v) is 11.9. The van der Waals surface area contributed by atoms with Crippen LogP contribution in [0.25, 0.3) is 0 Å². The van der Waals surface area contributed by atoms with Gasteiger partial charge in [-0.2, -0.15) is 0 Å². The number of nitrogens with zero attached hydrogens (tertiary/aromatic N) is 1. The van der Waals surface area contributed by atoms with Crippen LogP contribution in [0, 0.1) is 0 Å². The molecule has 1 amide bonds. The molecule has 1 saturated carbocycles. The third kappa shape index (κ3) is 1.71. The van der Waals surface area contributed by atoms with Crippen LogP contribution in [0.4, 0.5) is 5.69 Å². The number of hydrogen-bond donors (Lipinski definition) is 1. The summed E-state index contributed by atoms with van der Waals surface area (Å²) in [5.74, 6) is -1.59. The van der Waals surface area contributed by atoms with E-state index in [2.05, 4.69) is 6.07 Å². The quantitative estimate of drug-likeness (QED) is 0.924. The second kappa shape index (κ2) is 4.47. The number of furan rings is 1. The Morgan fingerprint density at radius 2 is 1.82 bits per heavy atom. The average Bonchev–Trinajstić information content (AvgIpc) is 3.09. The molecule has 112 valence electrons. The number of carboxylic acid groups (broad SMARTS) is 1. The summed E-state index contributed by atoms with van der Waals surface area (Å²) in [6.07, 6.45) is 3.36. The molecule has 1 spiro atoms. The van der Waals surface area contributed by atoms with Crippen molar-refractivity contribution >= 4 is 17.6 Å². The highest BCUT2D eigenvalue weighted by atomic mass is 16.4. The van der Waals surface area contributed by atoms with Crippen LogP contribution in [0.5, 0.6) is 0 Å². The van der Waals surface area contributed by atoms with Crippen LogP contribution >= 0.6 is 0 Å². The zero-order valence-electron chi connectivity index (χ0n) is 11.9. The summed E-state index contributed by atoms with van der Waals surface area (Å²) in [5.41, 5.74) is 2.22. The number of para-hydroxylation sites is 1. The molecule has 1 aliphatic heterocycles. The van der Waals surface area contributed by atoms with E-state index in [4.69, 9.17) is 9.52 Å². The van der Waals surface area contributed by atoms with Gasteiger partial charge in [-0.3, -0.25) is 4.79 Å². The first-order chi connectivity index (χ1) is 10.6. The number of carbonyl (C=O) groups is 2. The Kier molecular flexibility index (Phi) is 2.66. The molecule has 2 aliphatic rings. The lowest BCUT2D eigenvalue weighted by Gasteiger charge is -2.38. The van der Waals surface area contributed by atoms with Gasteiger partial charge in [0.2, 0.25) is 5.76 Å². The molecule has 5 nitrogen and oxygen atoms in total. The minimum absolute atomic E-state index is 0.0728. The number of anilines is 1. The van der Waals surface area contributed by atoms with Crippen LogP contribution in [-0.2, 0) is 5.41 Å². The standard InChI is InChI=1S/C17H15NO4/c19-15(13-6-7-14(22-13)16(20)21)18-10-17(8-3-9-17)11-4-1-2-5-12(11)18/h1-2,4-7H,3,8-10H2,(H,20,21). The number of amides is 1. The number of fused-ring (bicyclic) bond motifs is 2. The maximum Gasteiger partial charge on any atom is 0.371 e. The van der Waals surface area contributed by atoms with E-state index < -0.39 is 5.97 Å². The second-order valence-corrected chi connectivity index (χ2v) is 6.01. The number of carbonyl (C=O) groups excluding carboxylic acids is 1. The molecule has 2 heterocycles. The van der Waals surface area contributed by atoms with E-state index >= 15 is 0 Å². The van der Waals surface area contributed by atoms with Gasteiger partial charge < -0.3 is 14.4 Å². The Hall–Kier alpha value is -2.56. The highest BCUT2D eigenvalue weighted by molar-refractivity contribution is 6.06. The lowest BCUT2D eigenvalue weighted by atomic mass is 9.66. The molecule has 0 saturated heterocycles. The van der Waals surface area contributed by atoms with Gasteiger partial charge in [0.25, 0.3) is 5.91 Å². The predicted octanol–water partition coefficient (Wildman–Crippen LogP) is 3.06. The van der Waals surface area contributed by atoms with E-state index in [1.54, 1.807) is 4.90 Å². The van der Waals surface area contributed by atoms with Crippen LogP contribution in [0.2, 0.25) is 0 Å². The number of hydrogen-bond acceptors (Lipinski definition) is 3. The zero-order chi connectivity index (χ0) is 15.3. The molecule has 1 fully saturated rings. The fourth-order valence-electron chi connectivity index (χ4n) is 3.54. The largest absolute Gasteiger partial charge is 0.475 e. The number of aromatic carboxylic acids is 1. The van der Waals surface area contributed by atoms with Crippen molar-refractivity contribution in [3.05, 3.63) is 53.5 Å². The molecular formula is C17H15NO4. The summed E-state index contributed by atoms with van der Waals surface area (Å²) in [5, 5.41) is 8.91. The first-order valence-corrected chi connectivity index (χ1v) is 7.35. The Bertz CT molecular complexity index is 772. The predicted molar refractivity (Wildman–Crippen MR) is 79.3 cm³/mol. The normalized spacial score (nSPS) is 18.1. The topological polar surface area (TPSA) is 70.8 Å². The molecule has 1 aliphatic carbocycles. The molecule has 0 unspecified atom stereocenters. The van der Waals surface area contributed by atoms with E-state index in [-0.39, 0.29) is 22.8 Å². The first-order valence-electron chi connectivity index (χ1n) is 7.35.